The molecule has 1 aromatic carbocycles. The van der Waals surface area contributed by atoms with E-state index in [0.29, 0.717) is 6.54 Å². The lowest BCUT2D eigenvalue weighted by Crippen LogP contribution is -2.26. The zero-order valence-corrected chi connectivity index (χ0v) is 10.2. The Balaban J connectivity index is 2.53. The fraction of sp³-hybridized carbons (Fsp3) is 0.357. The maximum absolute atomic E-state index is 11.8. The van der Waals surface area contributed by atoms with Crippen molar-refractivity contribution in [1.29, 1.82) is 0 Å². The molecule has 0 aliphatic rings. The third-order valence-electron chi connectivity index (χ3n) is 2.49. The zero-order chi connectivity index (χ0) is 12.0. The van der Waals surface area contributed by atoms with Crippen LogP contribution in [0.5, 0.6) is 0 Å². The standard InChI is InChI=1S/C14H19NO/c1-4-13(11(2)3)14(16)15-10-12-8-6-5-7-9-12/h4-9,11H,10H2,1-3H3,(H,15,16)/b13-4+. The second-order valence-corrected chi connectivity index (χ2v) is 4.07. The SMILES string of the molecule is C/C=C(/C(=O)NCc1ccccc1)C(C)C. The van der Waals surface area contributed by atoms with E-state index in [4.69, 9.17) is 0 Å². The van der Waals surface area contributed by atoms with Crippen molar-refractivity contribution in [3.63, 3.8) is 0 Å². The fourth-order valence-electron chi connectivity index (χ4n) is 1.61. The van der Waals surface area contributed by atoms with Crippen LogP contribution in [0.4, 0.5) is 0 Å². The molecule has 0 saturated carbocycles. The molecule has 0 heterocycles. The highest BCUT2D eigenvalue weighted by Crippen LogP contribution is 2.09. The average Bonchev–Trinajstić information content (AvgIpc) is 2.28. The molecule has 1 amide bonds. The average molecular weight is 217 g/mol. The second kappa shape index (κ2) is 6.11. The molecule has 0 unspecified atom stereocenters. The first kappa shape index (κ1) is 12.5. The molecule has 1 aromatic rings. The number of rotatable bonds is 4. The minimum absolute atomic E-state index is 0.0290. The minimum atomic E-state index is 0.0290. The van der Waals surface area contributed by atoms with Crippen molar-refractivity contribution in [3.8, 4) is 0 Å². The molecule has 1 N–H and O–H groups in total. The van der Waals surface area contributed by atoms with E-state index >= 15 is 0 Å². The molecule has 0 fully saturated rings. The zero-order valence-electron chi connectivity index (χ0n) is 10.2. The number of carbonyl (C=O) groups excluding carboxylic acids is 1. The Morgan fingerprint density at radius 3 is 2.44 bits per heavy atom. The van der Waals surface area contributed by atoms with Gasteiger partial charge in [0.25, 0.3) is 0 Å². The Bertz CT molecular complexity index is 366. The summed E-state index contributed by atoms with van der Waals surface area (Å²) >= 11 is 0. The van der Waals surface area contributed by atoms with Crippen LogP contribution in [0.3, 0.4) is 0 Å². The Morgan fingerprint density at radius 1 is 1.31 bits per heavy atom. The lowest BCUT2D eigenvalue weighted by atomic mass is 10.0. The van der Waals surface area contributed by atoms with E-state index in [-0.39, 0.29) is 11.8 Å². The first-order valence-electron chi connectivity index (χ1n) is 5.63. The van der Waals surface area contributed by atoms with Crippen LogP contribution in [-0.2, 0) is 11.3 Å². The highest BCUT2D eigenvalue weighted by Gasteiger charge is 2.11. The summed E-state index contributed by atoms with van der Waals surface area (Å²) < 4.78 is 0. The van der Waals surface area contributed by atoms with Crippen LogP contribution in [0.2, 0.25) is 0 Å². The van der Waals surface area contributed by atoms with Gasteiger partial charge in [0.1, 0.15) is 0 Å². The molecular formula is C14H19NO. The number of hydrogen-bond acceptors (Lipinski definition) is 1. The van der Waals surface area contributed by atoms with E-state index in [1.807, 2.05) is 57.2 Å². The highest BCUT2D eigenvalue weighted by atomic mass is 16.1. The Labute approximate surface area is 97.4 Å². The van der Waals surface area contributed by atoms with Crippen LogP contribution in [0.25, 0.3) is 0 Å². The monoisotopic (exact) mass is 217 g/mol. The van der Waals surface area contributed by atoms with Crippen molar-refractivity contribution in [3.05, 3.63) is 47.5 Å². The summed E-state index contributed by atoms with van der Waals surface area (Å²) in [7, 11) is 0. The lowest BCUT2D eigenvalue weighted by molar-refractivity contribution is -0.118. The van der Waals surface area contributed by atoms with Crippen LogP contribution in [0, 0.1) is 5.92 Å². The van der Waals surface area contributed by atoms with Gasteiger partial charge < -0.3 is 5.32 Å². The van der Waals surface area contributed by atoms with Crippen LogP contribution >= 0.6 is 0 Å². The summed E-state index contributed by atoms with van der Waals surface area (Å²) in [6.07, 6.45) is 1.88. The molecule has 0 radical (unpaired) electrons. The lowest BCUT2D eigenvalue weighted by Gasteiger charge is -2.11. The maximum atomic E-state index is 11.8. The van der Waals surface area contributed by atoms with E-state index < -0.39 is 0 Å². The largest absolute Gasteiger partial charge is 0.348 e. The van der Waals surface area contributed by atoms with Gasteiger partial charge in [-0.3, -0.25) is 4.79 Å². The predicted molar refractivity (Wildman–Crippen MR) is 66.9 cm³/mol. The number of allylic oxidation sites excluding steroid dienone is 1. The van der Waals surface area contributed by atoms with E-state index in [9.17, 15) is 4.79 Å². The molecule has 2 nitrogen and oxygen atoms in total. The molecule has 2 heteroatoms. The van der Waals surface area contributed by atoms with Crippen molar-refractivity contribution in [2.45, 2.75) is 27.3 Å². The minimum Gasteiger partial charge on any atom is -0.348 e. The van der Waals surface area contributed by atoms with Gasteiger partial charge in [-0.05, 0) is 18.4 Å². The fourth-order valence-corrected chi connectivity index (χ4v) is 1.61. The predicted octanol–water partition coefficient (Wildman–Crippen LogP) is 2.91. The van der Waals surface area contributed by atoms with Gasteiger partial charge in [0, 0.05) is 12.1 Å². The summed E-state index contributed by atoms with van der Waals surface area (Å²) in [6.45, 7) is 6.54. The molecule has 0 atom stereocenters. The van der Waals surface area contributed by atoms with Gasteiger partial charge >= 0.3 is 0 Å². The number of hydrogen-bond donors (Lipinski definition) is 1. The number of amides is 1. The van der Waals surface area contributed by atoms with Gasteiger partial charge in [-0.2, -0.15) is 0 Å². The highest BCUT2D eigenvalue weighted by molar-refractivity contribution is 5.93. The molecule has 0 aliphatic carbocycles. The van der Waals surface area contributed by atoms with Crippen LogP contribution in [-0.4, -0.2) is 5.91 Å². The van der Waals surface area contributed by atoms with Gasteiger partial charge in [0.15, 0.2) is 0 Å². The molecule has 0 bridgehead atoms. The van der Waals surface area contributed by atoms with E-state index in [1.54, 1.807) is 0 Å². The molecule has 86 valence electrons. The Kier molecular flexibility index (Phi) is 4.77. The molecule has 0 spiro atoms. The molecule has 0 saturated heterocycles. The first-order chi connectivity index (χ1) is 7.65. The van der Waals surface area contributed by atoms with E-state index in [0.717, 1.165) is 11.1 Å². The summed E-state index contributed by atoms with van der Waals surface area (Å²) in [4.78, 5) is 11.8. The Hall–Kier alpha value is -1.57. The maximum Gasteiger partial charge on any atom is 0.247 e. The summed E-state index contributed by atoms with van der Waals surface area (Å²) in [5.41, 5.74) is 1.96. The first-order valence-corrected chi connectivity index (χ1v) is 5.63. The van der Waals surface area contributed by atoms with Crippen molar-refractivity contribution in [2.75, 3.05) is 0 Å². The van der Waals surface area contributed by atoms with Crippen LogP contribution in [0.15, 0.2) is 42.0 Å². The van der Waals surface area contributed by atoms with Gasteiger partial charge in [0.2, 0.25) is 5.91 Å². The van der Waals surface area contributed by atoms with E-state index in [2.05, 4.69) is 5.32 Å². The van der Waals surface area contributed by atoms with Gasteiger partial charge in [-0.15, -0.1) is 0 Å². The van der Waals surface area contributed by atoms with Gasteiger partial charge in [-0.1, -0.05) is 50.3 Å². The summed E-state index contributed by atoms with van der Waals surface area (Å²) in [6, 6.07) is 9.92. The number of benzene rings is 1. The topological polar surface area (TPSA) is 29.1 Å². The summed E-state index contributed by atoms with van der Waals surface area (Å²) in [5.74, 6) is 0.294. The molecule has 0 aromatic heterocycles. The smallest absolute Gasteiger partial charge is 0.247 e. The van der Waals surface area contributed by atoms with Crippen molar-refractivity contribution in [2.24, 2.45) is 5.92 Å². The van der Waals surface area contributed by atoms with Gasteiger partial charge in [0.05, 0.1) is 0 Å². The van der Waals surface area contributed by atoms with Gasteiger partial charge in [-0.25, -0.2) is 0 Å². The Morgan fingerprint density at radius 2 is 1.94 bits per heavy atom. The second-order valence-electron chi connectivity index (χ2n) is 4.07. The third-order valence-corrected chi connectivity index (χ3v) is 2.49. The van der Waals surface area contributed by atoms with Crippen LogP contribution in [0.1, 0.15) is 26.3 Å². The normalized spacial score (nSPS) is 11.6. The summed E-state index contributed by atoms with van der Waals surface area (Å²) in [5, 5.41) is 2.92. The molecule has 0 aliphatic heterocycles. The van der Waals surface area contributed by atoms with E-state index in [1.165, 1.54) is 0 Å². The van der Waals surface area contributed by atoms with Crippen molar-refractivity contribution in [1.82, 2.24) is 5.32 Å². The third kappa shape index (κ3) is 3.54. The van der Waals surface area contributed by atoms with Crippen LogP contribution < -0.4 is 5.32 Å². The number of nitrogens with one attached hydrogen (secondary N) is 1. The quantitative estimate of drug-likeness (QED) is 0.772. The van der Waals surface area contributed by atoms with Crippen molar-refractivity contribution < 1.29 is 4.79 Å². The number of carbonyl (C=O) groups is 1. The molecule has 16 heavy (non-hydrogen) atoms. The molecular weight excluding hydrogens is 198 g/mol. The van der Waals surface area contributed by atoms with Crippen molar-refractivity contribution >= 4 is 5.91 Å². The molecule has 1 rings (SSSR count).